The van der Waals surface area contributed by atoms with Crippen molar-refractivity contribution in [3.8, 4) is 0 Å². The van der Waals surface area contributed by atoms with E-state index in [0.29, 0.717) is 5.41 Å². The van der Waals surface area contributed by atoms with Gasteiger partial charge in [0.25, 0.3) is 0 Å². The van der Waals surface area contributed by atoms with Crippen molar-refractivity contribution >= 4 is 5.96 Å². The lowest BCUT2D eigenvalue weighted by molar-refractivity contribution is 0.195. The van der Waals surface area contributed by atoms with Gasteiger partial charge >= 0.3 is 0 Å². The van der Waals surface area contributed by atoms with Crippen LogP contribution in [0.4, 0.5) is 0 Å². The summed E-state index contributed by atoms with van der Waals surface area (Å²) in [6.07, 6.45) is 7.76. The Morgan fingerprint density at radius 3 is 2.56 bits per heavy atom. The topological polar surface area (TPSA) is 45.7 Å². The normalized spacial score (nSPS) is 18.9. The summed E-state index contributed by atoms with van der Waals surface area (Å²) in [6.45, 7) is 5.06. The Morgan fingerprint density at radius 1 is 1.28 bits per heavy atom. The molecule has 0 amide bonds. The van der Waals surface area contributed by atoms with Gasteiger partial charge in [-0.2, -0.15) is 0 Å². The van der Waals surface area contributed by atoms with Crippen LogP contribution >= 0.6 is 0 Å². The standard InChI is InChI=1S/C14H29N3O/c1-4-14(8-5-6-9-14)12-17-13(15-2)16-10-7-11-18-3/h4-12H2,1-3H3,(H2,15,16,17). The second-order valence-corrected chi connectivity index (χ2v) is 5.26. The third kappa shape index (κ3) is 4.84. The van der Waals surface area contributed by atoms with Gasteiger partial charge in [0.15, 0.2) is 5.96 Å². The molecule has 0 heterocycles. The molecule has 1 saturated carbocycles. The van der Waals surface area contributed by atoms with Gasteiger partial charge in [0.05, 0.1) is 0 Å². The minimum absolute atomic E-state index is 0.504. The van der Waals surface area contributed by atoms with E-state index in [-0.39, 0.29) is 0 Å². The first kappa shape index (κ1) is 15.3. The number of rotatable bonds is 7. The predicted molar refractivity (Wildman–Crippen MR) is 77.0 cm³/mol. The van der Waals surface area contributed by atoms with Crippen LogP contribution in [0.3, 0.4) is 0 Å². The van der Waals surface area contributed by atoms with Crippen molar-refractivity contribution < 1.29 is 4.74 Å². The van der Waals surface area contributed by atoms with Gasteiger partial charge in [-0.1, -0.05) is 19.8 Å². The molecule has 1 rings (SSSR count). The molecule has 0 unspecified atom stereocenters. The molecule has 4 nitrogen and oxygen atoms in total. The fraction of sp³-hybridized carbons (Fsp3) is 0.929. The summed E-state index contributed by atoms with van der Waals surface area (Å²) in [5.74, 6) is 0.922. The average Bonchev–Trinajstić information content (AvgIpc) is 2.87. The van der Waals surface area contributed by atoms with Gasteiger partial charge < -0.3 is 15.4 Å². The summed E-state index contributed by atoms with van der Waals surface area (Å²) in [6, 6.07) is 0. The number of hydrogen-bond donors (Lipinski definition) is 2. The van der Waals surface area contributed by atoms with Crippen LogP contribution in [0.1, 0.15) is 45.4 Å². The first-order chi connectivity index (χ1) is 8.76. The second-order valence-electron chi connectivity index (χ2n) is 5.26. The number of ether oxygens (including phenoxy) is 1. The summed E-state index contributed by atoms with van der Waals surface area (Å²) in [5, 5.41) is 6.81. The Kier molecular flexibility index (Phi) is 7.09. The Hall–Kier alpha value is -0.770. The van der Waals surface area contributed by atoms with Gasteiger partial charge in [-0.3, -0.25) is 4.99 Å². The van der Waals surface area contributed by atoms with E-state index in [4.69, 9.17) is 4.74 Å². The number of hydrogen-bond acceptors (Lipinski definition) is 2. The van der Waals surface area contributed by atoms with Gasteiger partial charge in [0.2, 0.25) is 0 Å². The first-order valence-corrected chi connectivity index (χ1v) is 7.20. The van der Waals surface area contributed by atoms with E-state index in [0.717, 1.165) is 32.1 Å². The van der Waals surface area contributed by atoms with Gasteiger partial charge in [0, 0.05) is 33.9 Å². The quantitative estimate of drug-likeness (QED) is 0.416. The second kappa shape index (κ2) is 8.35. The highest BCUT2D eigenvalue weighted by Gasteiger charge is 2.31. The molecular formula is C14H29N3O. The third-order valence-corrected chi connectivity index (χ3v) is 4.09. The molecule has 1 aliphatic rings. The summed E-state index contributed by atoms with van der Waals surface area (Å²) in [4.78, 5) is 4.27. The van der Waals surface area contributed by atoms with Crippen LogP contribution < -0.4 is 10.6 Å². The maximum absolute atomic E-state index is 5.03. The van der Waals surface area contributed by atoms with Gasteiger partial charge in [-0.25, -0.2) is 0 Å². The zero-order chi connectivity index (χ0) is 13.3. The van der Waals surface area contributed by atoms with Crippen molar-refractivity contribution in [3.05, 3.63) is 0 Å². The molecule has 0 spiro atoms. The van der Waals surface area contributed by atoms with Crippen LogP contribution in [0.25, 0.3) is 0 Å². The molecule has 18 heavy (non-hydrogen) atoms. The molecule has 0 atom stereocenters. The number of guanidine groups is 1. The molecule has 1 fully saturated rings. The van der Waals surface area contributed by atoms with Crippen molar-refractivity contribution in [2.24, 2.45) is 10.4 Å². The third-order valence-electron chi connectivity index (χ3n) is 4.09. The minimum atomic E-state index is 0.504. The van der Waals surface area contributed by atoms with Crippen LogP contribution in [0.2, 0.25) is 0 Å². The monoisotopic (exact) mass is 255 g/mol. The summed E-state index contributed by atoms with van der Waals surface area (Å²) in [7, 11) is 3.57. The molecule has 2 N–H and O–H groups in total. The van der Waals surface area contributed by atoms with Crippen molar-refractivity contribution in [1.82, 2.24) is 10.6 Å². The molecule has 0 aromatic rings. The molecule has 0 aromatic carbocycles. The molecule has 0 saturated heterocycles. The van der Waals surface area contributed by atoms with Crippen LogP contribution in [0, 0.1) is 5.41 Å². The summed E-state index contributed by atoms with van der Waals surface area (Å²) < 4.78 is 5.03. The fourth-order valence-electron chi connectivity index (χ4n) is 2.70. The zero-order valence-corrected chi connectivity index (χ0v) is 12.2. The Balaban J connectivity index is 2.26. The van der Waals surface area contributed by atoms with Gasteiger partial charge in [-0.05, 0) is 31.1 Å². The molecule has 1 aliphatic carbocycles. The maximum atomic E-state index is 5.03. The Bertz CT molecular complexity index is 247. The lowest BCUT2D eigenvalue weighted by atomic mass is 9.83. The van der Waals surface area contributed by atoms with Crippen LogP contribution in [-0.4, -0.2) is 39.8 Å². The minimum Gasteiger partial charge on any atom is -0.385 e. The van der Waals surface area contributed by atoms with E-state index >= 15 is 0 Å². The molecule has 106 valence electrons. The highest BCUT2D eigenvalue weighted by molar-refractivity contribution is 5.79. The van der Waals surface area contributed by atoms with E-state index in [9.17, 15) is 0 Å². The highest BCUT2D eigenvalue weighted by Crippen LogP contribution is 2.40. The molecule has 0 radical (unpaired) electrons. The van der Waals surface area contributed by atoms with E-state index in [1.807, 2.05) is 7.05 Å². The lowest BCUT2D eigenvalue weighted by Gasteiger charge is -2.28. The SMILES string of the molecule is CCC1(CNC(=NC)NCCCOC)CCCC1. The summed E-state index contributed by atoms with van der Waals surface area (Å²) >= 11 is 0. The summed E-state index contributed by atoms with van der Waals surface area (Å²) in [5.41, 5.74) is 0.504. The van der Waals surface area contributed by atoms with Crippen molar-refractivity contribution in [2.45, 2.75) is 45.4 Å². The number of nitrogens with zero attached hydrogens (tertiary/aromatic N) is 1. The Morgan fingerprint density at radius 2 is 2.00 bits per heavy atom. The van der Waals surface area contributed by atoms with Crippen LogP contribution in [-0.2, 0) is 4.74 Å². The molecule has 0 aromatic heterocycles. The zero-order valence-electron chi connectivity index (χ0n) is 12.2. The van der Waals surface area contributed by atoms with Crippen molar-refractivity contribution in [1.29, 1.82) is 0 Å². The first-order valence-electron chi connectivity index (χ1n) is 7.20. The van der Waals surface area contributed by atoms with Gasteiger partial charge in [-0.15, -0.1) is 0 Å². The predicted octanol–water partition coefficient (Wildman–Crippen LogP) is 2.16. The molecule has 0 aliphatic heterocycles. The van der Waals surface area contributed by atoms with E-state index in [1.165, 1.54) is 32.1 Å². The van der Waals surface area contributed by atoms with Crippen molar-refractivity contribution in [3.63, 3.8) is 0 Å². The average molecular weight is 255 g/mol. The number of nitrogens with one attached hydrogen (secondary N) is 2. The molecule has 4 heteroatoms. The molecule has 0 bridgehead atoms. The van der Waals surface area contributed by atoms with E-state index < -0.39 is 0 Å². The smallest absolute Gasteiger partial charge is 0.190 e. The van der Waals surface area contributed by atoms with Crippen LogP contribution in [0.5, 0.6) is 0 Å². The number of methoxy groups -OCH3 is 1. The largest absolute Gasteiger partial charge is 0.385 e. The maximum Gasteiger partial charge on any atom is 0.190 e. The van der Waals surface area contributed by atoms with Crippen molar-refractivity contribution in [2.75, 3.05) is 33.9 Å². The van der Waals surface area contributed by atoms with E-state index in [1.54, 1.807) is 7.11 Å². The lowest BCUT2D eigenvalue weighted by Crippen LogP contribution is -2.43. The Labute approximate surface area is 112 Å². The fourth-order valence-corrected chi connectivity index (χ4v) is 2.70. The van der Waals surface area contributed by atoms with Crippen LogP contribution in [0.15, 0.2) is 4.99 Å². The van der Waals surface area contributed by atoms with Gasteiger partial charge in [0.1, 0.15) is 0 Å². The number of aliphatic imine (C=N–C) groups is 1. The highest BCUT2D eigenvalue weighted by atomic mass is 16.5. The van der Waals surface area contributed by atoms with E-state index in [2.05, 4.69) is 22.5 Å². The molecular weight excluding hydrogens is 226 g/mol.